The standard InChI is InChI=1S/C10H17NO4S/c1-3-4-9(13)15-10(14)8(5-6-16)11-7(2)12/h8,16H,3-6H2,1-2H3,(H,11,12). The highest BCUT2D eigenvalue weighted by Crippen LogP contribution is 2.00. The molecule has 0 saturated heterocycles. The summed E-state index contributed by atoms with van der Waals surface area (Å²) in [4.78, 5) is 33.4. The summed E-state index contributed by atoms with van der Waals surface area (Å²) >= 11 is 3.96. The molecule has 0 aromatic rings. The lowest BCUT2D eigenvalue weighted by molar-refractivity contribution is -0.161. The summed E-state index contributed by atoms with van der Waals surface area (Å²) in [6.07, 6.45) is 1.14. The normalized spacial score (nSPS) is 11.7. The predicted octanol–water partition coefficient (Wildman–Crippen LogP) is 0.681. The van der Waals surface area contributed by atoms with E-state index in [-0.39, 0.29) is 12.3 Å². The van der Waals surface area contributed by atoms with Crippen molar-refractivity contribution in [2.24, 2.45) is 0 Å². The Labute approximate surface area is 100 Å². The molecule has 6 heteroatoms. The maximum atomic E-state index is 11.5. The molecule has 0 aromatic carbocycles. The number of nitrogens with one attached hydrogen (secondary N) is 1. The van der Waals surface area contributed by atoms with E-state index in [1.54, 1.807) is 0 Å². The van der Waals surface area contributed by atoms with Crippen molar-refractivity contribution in [2.45, 2.75) is 39.2 Å². The van der Waals surface area contributed by atoms with E-state index in [9.17, 15) is 14.4 Å². The lowest BCUT2D eigenvalue weighted by atomic mass is 10.2. The third-order valence-electron chi connectivity index (χ3n) is 1.75. The summed E-state index contributed by atoms with van der Waals surface area (Å²) in [6.45, 7) is 3.11. The van der Waals surface area contributed by atoms with Crippen LogP contribution in [0.15, 0.2) is 0 Å². The number of ether oxygens (including phenoxy) is 1. The highest BCUT2D eigenvalue weighted by Gasteiger charge is 2.22. The van der Waals surface area contributed by atoms with Gasteiger partial charge >= 0.3 is 11.9 Å². The topological polar surface area (TPSA) is 72.5 Å². The number of hydrogen-bond donors (Lipinski definition) is 2. The van der Waals surface area contributed by atoms with Gasteiger partial charge in [0.05, 0.1) is 0 Å². The van der Waals surface area contributed by atoms with E-state index >= 15 is 0 Å². The summed E-state index contributed by atoms with van der Waals surface area (Å²) in [5, 5.41) is 2.41. The summed E-state index contributed by atoms with van der Waals surface area (Å²) in [5.74, 6) is -1.21. The molecular weight excluding hydrogens is 230 g/mol. The van der Waals surface area contributed by atoms with Crippen molar-refractivity contribution >= 4 is 30.5 Å². The highest BCUT2D eigenvalue weighted by atomic mass is 32.1. The molecule has 0 fully saturated rings. The number of esters is 2. The molecule has 0 radical (unpaired) electrons. The Morgan fingerprint density at radius 2 is 2.00 bits per heavy atom. The predicted molar refractivity (Wildman–Crippen MR) is 62.1 cm³/mol. The minimum atomic E-state index is -0.796. The van der Waals surface area contributed by atoms with Crippen LogP contribution in [0.25, 0.3) is 0 Å². The van der Waals surface area contributed by atoms with E-state index < -0.39 is 18.0 Å². The van der Waals surface area contributed by atoms with E-state index in [0.717, 1.165) is 0 Å². The first kappa shape index (κ1) is 15.0. The molecule has 0 aliphatic rings. The van der Waals surface area contributed by atoms with Gasteiger partial charge in [0.15, 0.2) is 0 Å². The van der Waals surface area contributed by atoms with Gasteiger partial charge in [0, 0.05) is 13.3 Å². The molecule has 16 heavy (non-hydrogen) atoms. The van der Waals surface area contributed by atoms with Crippen LogP contribution >= 0.6 is 12.6 Å². The maximum Gasteiger partial charge on any atom is 0.336 e. The van der Waals surface area contributed by atoms with Crippen molar-refractivity contribution in [1.29, 1.82) is 0 Å². The van der Waals surface area contributed by atoms with Crippen LogP contribution < -0.4 is 5.32 Å². The minimum absolute atomic E-state index is 0.194. The molecule has 5 nitrogen and oxygen atoms in total. The molecule has 92 valence electrons. The molecule has 0 spiro atoms. The highest BCUT2D eigenvalue weighted by molar-refractivity contribution is 7.80. The number of amides is 1. The zero-order valence-corrected chi connectivity index (χ0v) is 10.4. The van der Waals surface area contributed by atoms with E-state index in [1.165, 1.54) is 6.92 Å². The summed E-state index contributed by atoms with van der Waals surface area (Å²) in [5.41, 5.74) is 0. The van der Waals surface area contributed by atoms with Crippen LogP contribution in [0.3, 0.4) is 0 Å². The van der Waals surface area contributed by atoms with Gasteiger partial charge in [-0.05, 0) is 18.6 Å². The summed E-state index contributed by atoms with van der Waals surface area (Å²) in [6, 6.07) is -0.796. The van der Waals surface area contributed by atoms with Gasteiger partial charge in [-0.15, -0.1) is 0 Å². The van der Waals surface area contributed by atoms with Gasteiger partial charge in [0.25, 0.3) is 0 Å². The van der Waals surface area contributed by atoms with Crippen molar-refractivity contribution in [2.75, 3.05) is 5.75 Å². The lowest BCUT2D eigenvalue weighted by Gasteiger charge is -2.14. The fourth-order valence-electron chi connectivity index (χ4n) is 1.06. The lowest BCUT2D eigenvalue weighted by Crippen LogP contribution is -2.41. The molecule has 1 unspecified atom stereocenters. The molecule has 0 bridgehead atoms. The summed E-state index contributed by atoms with van der Waals surface area (Å²) < 4.78 is 4.58. The van der Waals surface area contributed by atoms with Crippen LogP contribution in [-0.2, 0) is 19.1 Å². The Balaban J connectivity index is 4.26. The van der Waals surface area contributed by atoms with Gasteiger partial charge in [-0.25, -0.2) is 4.79 Å². The van der Waals surface area contributed by atoms with Gasteiger partial charge in [0.1, 0.15) is 6.04 Å². The fraction of sp³-hybridized carbons (Fsp3) is 0.700. The van der Waals surface area contributed by atoms with Crippen LogP contribution in [0, 0.1) is 0 Å². The Kier molecular flexibility index (Phi) is 7.62. The van der Waals surface area contributed by atoms with Gasteiger partial charge in [-0.1, -0.05) is 6.92 Å². The zero-order chi connectivity index (χ0) is 12.6. The third-order valence-corrected chi connectivity index (χ3v) is 2.01. The summed E-state index contributed by atoms with van der Waals surface area (Å²) in [7, 11) is 0. The number of thiol groups is 1. The van der Waals surface area contributed by atoms with E-state index in [2.05, 4.69) is 22.7 Å². The van der Waals surface area contributed by atoms with Crippen molar-refractivity contribution < 1.29 is 19.1 Å². The second-order valence-electron chi connectivity index (χ2n) is 3.31. The molecule has 0 saturated carbocycles. The average molecular weight is 247 g/mol. The molecule has 1 N–H and O–H groups in total. The van der Waals surface area contributed by atoms with Crippen molar-refractivity contribution in [3.63, 3.8) is 0 Å². The quantitative estimate of drug-likeness (QED) is 0.411. The molecule has 0 aromatic heterocycles. The fourth-order valence-corrected chi connectivity index (χ4v) is 1.32. The largest absolute Gasteiger partial charge is 0.392 e. The molecule has 1 atom stereocenters. The molecule has 0 aliphatic carbocycles. The third kappa shape index (κ3) is 6.44. The molecule has 0 heterocycles. The van der Waals surface area contributed by atoms with E-state index in [1.807, 2.05) is 6.92 Å². The number of carbonyl (C=O) groups is 3. The van der Waals surface area contributed by atoms with Gasteiger partial charge in [0.2, 0.25) is 5.91 Å². The second kappa shape index (κ2) is 8.15. The van der Waals surface area contributed by atoms with Crippen molar-refractivity contribution in [3.05, 3.63) is 0 Å². The Hall–Kier alpha value is -1.04. The first-order chi connectivity index (χ1) is 7.51. The van der Waals surface area contributed by atoms with Crippen LogP contribution in [0.2, 0.25) is 0 Å². The Bertz CT molecular complexity index is 268. The van der Waals surface area contributed by atoms with Crippen molar-refractivity contribution in [1.82, 2.24) is 5.32 Å². The number of carbonyl (C=O) groups excluding carboxylic acids is 3. The number of hydrogen-bond acceptors (Lipinski definition) is 5. The van der Waals surface area contributed by atoms with Crippen LogP contribution in [0.4, 0.5) is 0 Å². The minimum Gasteiger partial charge on any atom is -0.392 e. The first-order valence-electron chi connectivity index (χ1n) is 5.13. The SMILES string of the molecule is CCCC(=O)OC(=O)C(CCS)NC(C)=O. The molecule has 0 aliphatic heterocycles. The van der Waals surface area contributed by atoms with Gasteiger partial charge in [-0.2, -0.15) is 12.6 Å². The zero-order valence-electron chi connectivity index (χ0n) is 9.49. The van der Waals surface area contributed by atoms with Gasteiger partial charge < -0.3 is 10.1 Å². The monoisotopic (exact) mass is 247 g/mol. The molecular formula is C10H17NO4S. The van der Waals surface area contributed by atoms with Crippen LogP contribution in [0.1, 0.15) is 33.1 Å². The smallest absolute Gasteiger partial charge is 0.336 e. The molecule has 1 amide bonds. The average Bonchev–Trinajstić information content (AvgIpc) is 2.16. The molecule has 0 rings (SSSR count). The van der Waals surface area contributed by atoms with Crippen LogP contribution in [0.5, 0.6) is 0 Å². The van der Waals surface area contributed by atoms with E-state index in [4.69, 9.17) is 0 Å². The first-order valence-corrected chi connectivity index (χ1v) is 5.77. The Morgan fingerprint density at radius 3 is 2.44 bits per heavy atom. The number of rotatable bonds is 6. The van der Waals surface area contributed by atoms with Gasteiger partial charge in [-0.3, -0.25) is 9.59 Å². The Morgan fingerprint density at radius 1 is 1.38 bits per heavy atom. The van der Waals surface area contributed by atoms with E-state index in [0.29, 0.717) is 18.6 Å². The maximum absolute atomic E-state index is 11.5. The second-order valence-corrected chi connectivity index (χ2v) is 3.76. The van der Waals surface area contributed by atoms with Crippen LogP contribution in [-0.4, -0.2) is 29.6 Å². The van der Waals surface area contributed by atoms with Crippen molar-refractivity contribution in [3.8, 4) is 0 Å².